The summed E-state index contributed by atoms with van der Waals surface area (Å²) in [6.45, 7) is 0. The SMILES string of the molecule is COC(=O)c1c(Br)c(F)c2ncc(F)cn12. The maximum absolute atomic E-state index is 13.6. The van der Waals surface area contributed by atoms with Gasteiger partial charge in [0.1, 0.15) is 0 Å². The van der Waals surface area contributed by atoms with Crippen LogP contribution in [-0.4, -0.2) is 22.5 Å². The molecule has 2 aromatic rings. The molecule has 0 aliphatic carbocycles. The fourth-order valence-electron chi connectivity index (χ4n) is 1.33. The molecule has 0 aliphatic heterocycles. The van der Waals surface area contributed by atoms with Crippen molar-refractivity contribution in [1.82, 2.24) is 9.38 Å². The number of halogens is 3. The average molecular weight is 291 g/mol. The lowest BCUT2D eigenvalue weighted by Gasteiger charge is -2.00. The van der Waals surface area contributed by atoms with E-state index in [0.717, 1.165) is 23.9 Å². The molecule has 2 rings (SSSR count). The monoisotopic (exact) mass is 290 g/mol. The highest BCUT2D eigenvalue weighted by molar-refractivity contribution is 9.10. The predicted octanol–water partition coefficient (Wildman–Crippen LogP) is 2.16. The molecule has 0 saturated carbocycles. The number of rotatable bonds is 1. The van der Waals surface area contributed by atoms with Crippen molar-refractivity contribution in [3.63, 3.8) is 0 Å². The van der Waals surface area contributed by atoms with E-state index in [2.05, 4.69) is 25.7 Å². The molecule has 7 heteroatoms. The first-order valence-electron chi connectivity index (χ1n) is 4.15. The molecule has 0 amide bonds. The van der Waals surface area contributed by atoms with E-state index in [-0.39, 0.29) is 15.8 Å². The lowest BCUT2D eigenvalue weighted by atomic mass is 10.4. The number of ether oxygens (including phenoxy) is 1. The average Bonchev–Trinajstić information content (AvgIpc) is 2.51. The lowest BCUT2D eigenvalue weighted by Crippen LogP contribution is -2.06. The molecule has 0 saturated heterocycles. The fraction of sp³-hybridized carbons (Fsp3) is 0.111. The van der Waals surface area contributed by atoms with Gasteiger partial charge >= 0.3 is 5.97 Å². The second kappa shape index (κ2) is 3.82. The zero-order valence-electron chi connectivity index (χ0n) is 8.00. The first kappa shape index (κ1) is 11.0. The number of esters is 1. The lowest BCUT2D eigenvalue weighted by molar-refractivity contribution is 0.0591. The van der Waals surface area contributed by atoms with Crippen LogP contribution in [-0.2, 0) is 4.74 Å². The van der Waals surface area contributed by atoms with Gasteiger partial charge in [0.15, 0.2) is 23.0 Å². The Morgan fingerprint density at radius 1 is 1.56 bits per heavy atom. The number of hydrogen-bond acceptors (Lipinski definition) is 3. The van der Waals surface area contributed by atoms with Crippen molar-refractivity contribution in [2.24, 2.45) is 0 Å². The predicted molar refractivity (Wildman–Crippen MR) is 54.1 cm³/mol. The smallest absolute Gasteiger partial charge is 0.356 e. The van der Waals surface area contributed by atoms with Gasteiger partial charge in [-0.3, -0.25) is 4.40 Å². The van der Waals surface area contributed by atoms with Crippen LogP contribution < -0.4 is 0 Å². The third kappa shape index (κ3) is 1.47. The summed E-state index contributed by atoms with van der Waals surface area (Å²) >= 11 is 2.90. The summed E-state index contributed by atoms with van der Waals surface area (Å²) in [5.74, 6) is -2.20. The van der Waals surface area contributed by atoms with Gasteiger partial charge in [0.05, 0.1) is 17.8 Å². The van der Waals surface area contributed by atoms with Crippen LogP contribution in [0.1, 0.15) is 10.5 Å². The van der Waals surface area contributed by atoms with E-state index in [4.69, 9.17) is 0 Å². The highest BCUT2D eigenvalue weighted by Crippen LogP contribution is 2.26. The van der Waals surface area contributed by atoms with Crippen molar-refractivity contribution >= 4 is 27.5 Å². The maximum atomic E-state index is 13.6. The van der Waals surface area contributed by atoms with Gasteiger partial charge in [0.25, 0.3) is 0 Å². The summed E-state index contributed by atoms with van der Waals surface area (Å²) in [5, 5.41) is 0. The third-order valence-electron chi connectivity index (χ3n) is 2.01. The van der Waals surface area contributed by atoms with Gasteiger partial charge in [-0.2, -0.15) is 0 Å². The largest absolute Gasteiger partial charge is 0.464 e. The van der Waals surface area contributed by atoms with Crippen LogP contribution in [0.25, 0.3) is 5.65 Å². The molecule has 2 aromatic heterocycles. The van der Waals surface area contributed by atoms with E-state index in [1.165, 1.54) is 0 Å². The van der Waals surface area contributed by atoms with Crippen LogP contribution in [0.3, 0.4) is 0 Å². The molecule has 2 heterocycles. The van der Waals surface area contributed by atoms with Crippen LogP contribution in [0.2, 0.25) is 0 Å². The topological polar surface area (TPSA) is 43.6 Å². The molecule has 0 bridgehead atoms. The molecule has 0 radical (unpaired) electrons. The number of nitrogens with zero attached hydrogens (tertiary/aromatic N) is 2. The number of fused-ring (bicyclic) bond motifs is 1. The van der Waals surface area contributed by atoms with Crippen LogP contribution >= 0.6 is 15.9 Å². The van der Waals surface area contributed by atoms with Crippen LogP contribution in [0, 0.1) is 11.6 Å². The van der Waals surface area contributed by atoms with Crippen molar-refractivity contribution in [1.29, 1.82) is 0 Å². The van der Waals surface area contributed by atoms with Crippen molar-refractivity contribution < 1.29 is 18.3 Å². The van der Waals surface area contributed by atoms with E-state index in [1.54, 1.807) is 0 Å². The van der Waals surface area contributed by atoms with Gasteiger partial charge in [-0.05, 0) is 15.9 Å². The molecule has 84 valence electrons. The van der Waals surface area contributed by atoms with Crippen molar-refractivity contribution in [2.45, 2.75) is 0 Å². The Morgan fingerprint density at radius 2 is 2.25 bits per heavy atom. The first-order chi connectivity index (χ1) is 7.56. The molecular formula is C9H5BrF2N2O2. The minimum Gasteiger partial charge on any atom is -0.464 e. The minimum absolute atomic E-state index is 0.0996. The van der Waals surface area contributed by atoms with Gasteiger partial charge in [-0.1, -0.05) is 0 Å². The Bertz CT molecular complexity index is 582. The van der Waals surface area contributed by atoms with E-state index < -0.39 is 17.6 Å². The van der Waals surface area contributed by atoms with Gasteiger partial charge in [-0.25, -0.2) is 18.6 Å². The zero-order chi connectivity index (χ0) is 11.9. The van der Waals surface area contributed by atoms with E-state index in [9.17, 15) is 13.6 Å². The van der Waals surface area contributed by atoms with Crippen LogP contribution in [0.5, 0.6) is 0 Å². The van der Waals surface area contributed by atoms with Gasteiger partial charge in [0, 0.05) is 6.20 Å². The quantitative estimate of drug-likeness (QED) is 0.756. The maximum Gasteiger partial charge on any atom is 0.356 e. The molecule has 0 fully saturated rings. The molecule has 0 unspecified atom stereocenters. The first-order valence-corrected chi connectivity index (χ1v) is 4.94. The summed E-state index contributed by atoms with van der Waals surface area (Å²) in [5.41, 5.74) is -0.282. The Morgan fingerprint density at radius 3 is 2.88 bits per heavy atom. The second-order valence-electron chi connectivity index (χ2n) is 2.93. The molecule has 4 nitrogen and oxygen atoms in total. The highest BCUT2D eigenvalue weighted by Gasteiger charge is 2.23. The van der Waals surface area contributed by atoms with E-state index >= 15 is 0 Å². The van der Waals surface area contributed by atoms with Gasteiger partial charge in [0.2, 0.25) is 0 Å². The summed E-state index contributed by atoms with van der Waals surface area (Å²) < 4.78 is 31.9. The standard InChI is InChI=1S/C9H5BrF2N2O2/c1-16-9(15)7-5(10)6(12)8-13-2-4(11)3-14(7)8/h2-3H,1H3. The molecule has 0 N–H and O–H groups in total. The number of carbonyl (C=O) groups excluding carboxylic acids is 1. The molecule has 16 heavy (non-hydrogen) atoms. The Labute approximate surface area is 97.0 Å². The summed E-state index contributed by atoms with van der Waals surface area (Å²) in [6.07, 6.45) is 1.83. The number of hydrogen-bond donors (Lipinski definition) is 0. The Balaban J connectivity index is 2.85. The van der Waals surface area contributed by atoms with Crippen LogP contribution in [0.15, 0.2) is 16.9 Å². The normalized spacial score (nSPS) is 10.8. The molecular weight excluding hydrogens is 286 g/mol. The van der Waals surface area contributed by atoms with Crippen LogP contribution in [0.4, 0.5) is 8.78 Å². The second-order valence-corrected chi connectivity index (χ2v) is 3.73. The molecule has 0 aromatic carbocycles. The molecule has 0 spiro atoms. The number of carbonyl (C=O) groups is 1. The van der Waals surface area contributed by atoms with Crippen molar-refractivity contribution in [2.75, 3.05) is 7.11 Å². The van der Waals surface area contributed by atoms with E-state index in [0.29, 0.717) is 0 Å². The minimum atomic E-state index is -0.779. The number of methoxy groups -OCH3 is 1. The Kier molecular flexibility index (Phi) is 2.63. The highest BCUT2D eigenvalue weighted by atomic mass is 79.9. The van der Waals surface area contributed by atoms with Crippen molar-refractivity contribution in [3.05, 3.63) is 34.2 Å². The van der Waals surface area contributed by atoms with E-state index in [1.807, 2.05) is 0 Å². The third-order valence-corrected chi connectivity index (χ3v) is 2.73. The summed E-state index contributed by atoms with van der Waals surface area (Å²) in [7, 11) is 1.15. The molecule has 0 atom stereocenters. The van der Waals surface area contributed by atoms with Gasteiger partial charge in [-0.15, -0.1) is 0 Å². The fourth-order valence-corrected chi connectivity index (χ4v) is 1.86. The number of aromatic nitrogens is 2. The van der Waals surface area contributed by atoms with Crippen molar-refractivity contribution in [3.8, 4) is 0 Å². The summed E-state index contributed by atoms with van der Waals surface area (Å²) in [6, 6.07) is 0. The summed E-state index contributed by atoms with van der Waals surface area (Å²) in [4.78, 5) is 14.9. The zero-order valence-corrected chi connectivity index (χ0v) is 9.59. The van der Waals surface area contributed by atoms with Gasteiger partial charge < -0.3 is 4.74 Å². The Hall–Kier alpha value is -1.50. The molecule has 0 aliphatic rings.